The van der Waals surface area contributed by atoms with Gasteiger partial charge in [0.1, 0.15) is 12.0 Å². The van der Waals surface area contributed by atoms with Crippen molar-refractivity contribution in [2.75, 3.05) is 19.6 Å². The fourth-order valence-electron chi connectivity index (χ4n) is 6.29. The zero-order valence-corrected chi connectivity index (χ0v) is 17.8. The van der Waals surface area contributed by atoms with E-state index in [-0.39, 0.29) is 11.4 Å². The lowest BCUT2D eigenvalue weighted by Crippen LogP contribution is -2.35. The number of fused-ring (bicyclic) bond motifs is 2. The first-order valence-corrected chi connectivity index (χ1v) is 11.0. The van der Waals surface area contributed by atoms with Gasteiger partial charge in [-0.05, 0) is 56.0 Å². The van der Waals surface area contributed by atoms with Crippen LogP contribution in [0.1, 0.15) is 76.8 Å². The lowest BCUT2D eigenvalue weighted by Gasteiger charge is -2.39. The lowest BCUT2D eigenvalue weighted by molar-refractivity contribution is 0.126. The van der Waals surface area contributed by atoms with E-state index < -0.39 is 0 Å². The van der Waals surface area contributed by atoms with Crippen molar-refractivity contribution in [1.29, 1.82) is 0 Å². The number of hydrogen-bond acceptors (Lipinski definition) is 5. The Morgan fingerprint density at radius 2 is 1.82 bits per heavy atom. The molecule has 1 aromatic heterocycles. The second kappa shape index (κ2) is 7.49. The van der Waals surface area contributed by atoms with E-state index in [2.05, 4.69) is 30.6 Å². The minimum atomic E-state index is -0.386. The van der Waals surface area contributed by atoms with E-state index in [1.54, 1.807) is 0 Å². The van der Waals surface area contributed by atoms with Crippen LogP contribution in [0, 0.1) is 10.8 Å². The zero-order valence-electron chi connectivity index (χ0n) is 17.8. The topological polar surface area (TPSA) is 56.9 Å². The Kier molecular flexibility index (Phi) is 5.34. The van der Waals surface area contributed by atoms with Gasteiger partial charge in [-0.2, -0.15) is 0 Å². The highest BCUT2D eigenvalue weighted by Gasteiger charge is 2.49. The van der Waals surface area contributed by atoms with Crippen LogP contribution in [0.4, 0.5) is 0 Å². The molecule has 0 amide bonds. The van der Waals surface area contributed by atoms with Gasteiger partial charge in [-0.15, -0.1) is 0 Å². The highest BCUT2D eigenvalue weighted by Crippen LogP contribution is 2.52. The second-order valence-electron chi connectivity index (χ2n) is 10.7. The molecule has 4 rings (SSSR count). The van der Waals surface area contributed by atoms with Crippen molar-refractivity contribution in [1.82, 2.24) is 9.80 Å². The van der Waals surface area contributed by atoms with E-state index in [1.807, 2.05) is 0 Å². The number of hydrogen-bond donors (Lipinski definition) is 1. The van der Waals surface area contributed by atoms with Crippen LogP contribution in [-0.2, 0) is 13.1 Å². The lowest BCUT2D eigenvalue weighted by atomic mass is 9.65. The van der Waals surface area contributed by atoms with Crippen molar-refractivity contribution < 1.29 is 9.52 Å². The SMILES string of the molecule is CC1(C)CC2CC(C)(CN2Cc2c(O)c(CN3CCCCCC3)coc2=O)C1. The van der Waals surface area contributed by atoms with E-state index in [9.17, 15) is 9.90 Å². The molecule has 0 aromatic carbocycles. The summed E-state index contributed by atoms with van der Waals surface area (Å²) in [7, 11) is 0. The number of likely N-dealkylation sites (tertiary alicyclic amines) is 2. The maximum absolute atomic E-state index is 12.5. The minimum absolute atomic E-state index is 0.159. The zero-order chi connectivity index (χ0) is 19.9. The predicted molar refractivity (Wildman–Crippen MR) is 110 cm³/mol. The maximum Gasteiger partial charge on any atom is 0.343 e. The fraction of sp³-hybridized carbons (Fsp3) is 0.783. The molecule has 0 spiro atoms. The summed E-state index contributed by atoms with van der Waals surface area (Å²) in [5.74, 6) is 0.159. The molecule has 1 aromatic rings. The Morgan fingerprint density at radius 1 is 1.11 bits per heavy atom. The third-order valence-electron chi connectivity index (χ3n) is 7.12. The molecule has 3 aliphatic rings. The first-order valence-electron chi connectivity index (χ1n) is 11.0. The van der Waals surface area contributed by atoms with Gasteiger partial charge < -0.3 is 9.52 Å². The van der Waals surface area contributed by atoms with E-state index in [1.165, 1.54) is 44.8 Å². The smallest absolute Gasteiger partial charge is 0.343 e. The number of aromatic hydroxyl groups is 1. The Labute approximate surface area is 168 Å². The van der Waals surface area contributed by atoms with Crippen LogP contribution in [-0.4, -0.2) is 40.6 Å². The van der Waals surface area contributed by atoms with Crippen molar-refractivity contribution in [3.8, 4) is 5.75 Å². The quantitative estimate of drug-likeness (QED) is 0.841. The molecule has 3 fully saturated rings. The van der Waals surface area contributed by atoms with Crippen molar-refractivity contribution in [3.63, 3.8) is 0 Å². The van der Waals surface area contributed by atoms with Gasteiger partial charge in [0.15, 0.2) is 0 Å². The van der Waals surface area contributed by atoms with Crippen molar-refractivity contribution >= 4 is 0 Å². The highest BCUT2D eigenvalue weighted by atomic mass is 16.4. The van der Waals surface area contributed by atoms with E-state index in [0.29, 0.717) is 35.5 Å². The third-order valence-corrected chi connectivity index (χ3v) is 7.12. The summed E-state index contributed by atoms with van der Waals surface area (Å²) in [6.07, 6.45) is 10.0. The average molecular weight is 389 g/mol. The molecule has 2 unspecified atom stereocenters. The minimum Gasteiger partial charge on any atom is -0.507 e. The van der Waals surface area contributed by atoms with E-state index in [0.717, 1.165) is 31.6 Å². The molecular weight excluding hydrogens is 352 g/mol. The summed E-state index contributed by atoms with van der Waals surface area (Å²) in [6, 6.07) is 0.488. The molecule has 0 radical (unpaired) electrons. The summed E-state index contributed by atoms with van der Waals surface area (Å²) in [6.45, 7) is 11.3. The van der Waals surface area contributed by atoms with Gasteiger partial charge in [0.2, 0.25) is 0 Å². The molecule has 2 saturated heterocycles. The maximum atomic E-state index is 12.5. The summed E-state index contributed by atoms with van der Waals surface area (Å²) in [5.41, 5.74) is 1.47. The van der Waals surface area contributed by atoms with Crippen molar-refractivity contribution in [2.45, 2.75) is 84.8 Å². The number of nitrogens with zero attached hydrogens (tertiary/aromatic N) is 2. The summed E-state index contributed by atoms with van der Waals surface area (Å²) in [5, 5.41) is 10.9. The average Bonchev–Trinajstić information content (AvgIpc) is 2.77. The van der Waals surface area contributed by atoms with E-state index >= 15 is 0 Å². The molecule has 28 heavy (non-hydrogen) atoms. The Bertz CT molecular complexity index is 764. The molecular formula is C23H36N2O3. The van der Waals surface area contributed by atoms with Crippen LogP contribution in [0.15, 0.2) is 15.5 Å². The molecule has 2 atom stereocenters. The van der Waals surface area contributed by atoms with Crippen LogP contribution in [0.2, 0.25) is 0 Å². The third kappa shape index (κ3) is 4.16. The summed E-state index contributed by atoms with van der Waals surface area (Å²) in [4.78, 5) is 17.2. The van der Waals surface area contributed by atoms with Crippen molar-refractivity contribution in [2.24, 2.45) is 10.8 Å². The monoisotopic (exact) mass is 388 g/mol. The first kappa shape index (κ1) is 20.0. The highest BCUT2D eigenvalue weighted by molar-refractivity contribution is 5.36. The summed E-state index contributed by atoms with van der Waals surface area (Å²) < 4.78 is 5.36. The number of rotatable bonds is 4. The molecule has 5 heteroatoms. The van der Waals surface area contributed by atoms with Gasteiger partial charge in [-0.1, -0.05) is 33.6 Å². The Morgan fingerprint density at radius 3 is 2.54 bits per heavy atom. The Hall–Kier alpha value is -1.33. The summed E-state index contributed by atoms with van der Waals surface area (Å²) >= 11 is 0. The van der Waals surface area contributed by atoms with Gasteiger partial charge in [-0.25, -0.2) is 4.79 Å². The van der Waals surface area contributed by atoms with Crippen LogP contribution >= 0.6 is 0 Å². The van der Waals surface area contributed by atoms with Gasteiger partial charge in [-0.3, -0.25) is 9.80 Å². The van der Waals surface area contributed by atoms with Gasteiger partial charge in [0.25, 0.3) is 0 Å². The molecule has 156 valence electrons. The van der Waals surface area contributed by atoms with Crippen LogP contribution in [0.3, 0.4) is 0 Å². The molecule has 3 heterocycles. The molecule has 1 aliphatic carbocycles. The molecule has 2 aliphatic heterocycles. The molecule has 2 bridgehead atoms. The van der Waals surface area contributed by atoms with Crippen LogP contribution in [0.25, 0.3) is 0 Å². The largest absolute Gasteiger partial charge is 0.507 e. The molecule has 5 nitrogen and oxygen atoms in total. The standard InChI is InChI=1S/C23H36N2O3/c1-22(2)10-18-11-23(3,15-22)16-25(18)13-19-20(26)17(14-28-21(19)27)12-24-8-6-4-5-7-9-24/h14,18,26H,4-13,15-16H2,1-3H3. The Balaban J connectivity index is 1.53. The predicted octanol–water partition coefficient (Wildman–Crippen LogP) is 4.12. The van der Waals surface area contributed by atoms with E-state index in [4.69, 9.17) is 4.42 Å². The van der Waals surface area contributed by atoms with Crippen LogP contribution < -0.4 is 5.63 Å². The molecule has 1 N–H and O–H groups in total. The van der Waals surface area contributed by atoms with Crippen LogP contribution in [0.5, 0.6) is 5.75 Å². The van der Waals surface area contributed by atoms with Gasteiger partial charge >= 0.3 is 5.63 Å². The molecule has 1 saturated carbocycles. The van der Waals surface area contributed by atoms with Gasteiger partial charge in [0.05, 0.1) is 5.56 Å². The normalized spacial score (nSPS) is 31.0. The van der Waals surface area contributed by atoms with Gasteiger partial charge in [0, 0.05) is 31.2 Å². The first-order chi connectivity index (χ1) is 13.2. The second-order valence-corrected chi connectivity index (χ2v) is 10.7. The fourth-order valence-corrected chi connectivity index (χ4v) is 6.29. The van der Waals surface area contributed by atoms with Crippen molar-refractivity contribution in [3.05, 3.63) is 27.8 Å².